The van der Waals surface area contributed by atoms with Gasteiger partial charge in [-0.25, -0.2) is 18.0 Å². The van der Waals surface area contributed by atoms with Gasteiger partial charge in [-0.2, -0.15) is 0 Å². The first kappa shape index (κ1) is 24.6. The van der Waals surface area contributed by atoms with Crippen LogP contribution in [0.4, 0.5) is 29.3 Å². The van der Waals surface area contributed by atoms with E-state index in [0.29, 0.717) is 26.2 Å². The molecule has 2 aromatic carbocycles. The third kappa shape index (κ3) is 5.78. The fraction of sp³-hybridized carbons (Fsp3) is 0.385. The summed E-state index contributed by atoms with van der Waals surface area (Å²) in [6, 6.07) is 11.7. The van der Waals surface area contributed by atoms with Crippen molar-refractivity contribution in [3.8, 4) is 0 Å². The number of fused-ring (bicyclic) bond motifs is 1. The van der Waals surface area contributed by atoms with Gasteiger partial charge in [-0.15, -0.1) is 0 Å². The highest BCUT2D eigenvalue weighted by Gasteiger charge is 2.26. The Kier molecular flexibility index (Phi) is 7.05. The Morgan fingerprint density at radius 1 is 1.11 bits per heavy atom. The van der Waals surface area contributed by atoms with Crippen molar-refractivity contribution in [2.24, 2.45) is 0 Å². The number of hydrogen-bond acceptors (Lipinski definition) is 5. The molecule has 0 atom stereocenters. The number of aromatic nitrogens is 1. The number of halogens is 3. The van der Waals surface area contributed by atoms with E-state index in [1.54, 1.807) is 17.2 Å². The highest BCUT2D eigenvalue weighted by Crippen LogP contribution is 2.29. The van der Waals surface area contributed by atoms with E-state index in [9.17, 15) is 18.0 Å². The summed E-state index contributed by atoms with van der Waals surface area (Å²) in [7, 11) is 0. The maximum atomic E-state index is 14.5. The molecule has 35 heavy (non-hydrogen) atoms. The number of carbonyl (C=O) groups is 1. The van der Waals surface area contributed by atoms with Gasteiger partial charge in [-0.05, 0) is 45.0 Å². The van der Waals surface area contributed by atoms with Crippen LogP contribution in [0.5, 0.6) is 0 Å². The SMILES string of the molecule is CC(C)(C)OC(=O)N1CCN(c2ccc3nccc(NCc4cccc(C(F)F)c4F)c3c2)CC1. The molecule has 186 valence electrons. The molecule has 0 radical (unpaired) electrons. The molecule has 0 bridgehead atoms. The van der Waals surface area contributed by atoms with E-state index >= 15 is 0 Å². The summed E-state index contributed by atoms with van der Waals surface area (Å²) in [4.78, 5) is 20.6. The Morgan fingerprint density at radius 3 is 2.54 bits per heavy atom. The van der Waals surface area contributed by atoms with E-state index in [1.165, 1.54) is 12.1 Å². The summed E-state index contributed by atoms with van der Waals surface area (Å²) in [6.07, 6.45) is -1.53. The Morgan fingerprint density at radius 2 is 1.86 bits per heavy atom. The summed E-state index contributed by atoms with van der Waals surface area (Å²) in [5.41, 5.74) is 1.49. The topological polar surface area (TPSA) is 57.7 Å². The van der Waals surface area contributed by atoms with Crippen molar-refractivity contribution in [1.29, 1.82) is 0 Å². The quantitative estimate of drug-likeness (QED) is 0.481. The molecule has 9 heteroatoms. The highest BCUT2D eigenvalue weighted by atomic mass is 19.3. The molecular formula is C26H29F3N4O2. The van der Waals surface area contributed by atoms with Crippen molar-refractivity contribution in [3.05, 3.63) is 65.6 Å². The second kappa shape index (κ2) is 10.0. The van der Waals surface area contributed by atoms with Crippen LogP contribution in [-0.4, -0.2) is 47.8 Å². The Labute approximate surface area is 202 Å². The molecule has 1 amide bonds. The van der Waals surface area contributed by atoms with Crippen LogP contribution in [0.3, 0.4) is 0 Å². The van der Waals surface area contributed by atoms with Gasteiger partial charge in [0.05, 0.1) is 11.1 Å². The molecule has 3 aromatic rings. The molecule has 0 spiro atoms. The lowest BCUT2D eigenvalue weighted by molar-refractivity contribution is 0.0240. The Hall–Kier alpha value is -3.49. The van der Waals surface area contributed by atoms with Crippen LogP contribution in [0.15, 0.2) is 48.7 Å². The summed E-state index contributed by atoms with van der Waals surface area (Å²) >= 11 is 0. The lowest BCUT2D eigenvalue weighted by Crippen LogP contribution is -2.50. The number of carbonyl (C=O) groups excluding carboxylic acids is 1. The van der Waals surface area contributed by atoms with Crippen molar-refractivity contribution in [2.75, 3.05) is 36.4 Å². The number of rotatable bonds is 5. The number of nitrogens with zero attached hydrogens (tertiary/aromatic N) is 3. The summed E-state index contributed by atoms with van der Waals surface area (Å²) in [6.45, 7) is 8.00. The molecule has 2 heterocycles. The second-order valence-corrected chi connectivity index (χ2v) is 9.49. The van der Waals surface area contributed by atoms with Crippen LogP contribution in [0.1, 0.15) is 38.3 Å². The van der Waals surface area contributed by atoms with Crippen LogP contribution < -0.4 is 10.2 Å². The van der Waals surface area contributed by atoms with Gasteiger partial charge in [-0.3, -0.25) is 4.98 Å². The molecule has 0 saturated carbocycles. The molecule has 1 fully saturated rings. The third-order valence-corrected chi connectivity index (χ3v) is 5.83. The van der Waals surface area contributed by atoms with Gasteiger partial charge in [0.15, 0.2) is 0 Å². The van der Waals surface area contributed by atoms with Crippen LogP contribution in [0.25, 0.3) is 10.9 Å². The highest BCUT2D eigenvalue weighted by molar-refractivity contribution is 5.93. The zero-order valence-electron chi connectivity index (χ0n) is 20.0. The molecule has 0 unspecified atom stereocenters. The average Bonchev–Trinajstić information content (AvgIpc) is 2.82. The number of alkyl halides is 2. The van der Waals surface area contributed by atoms with Crippen molar-refractivity contribution in [3.63, 3.8) is 0 Å². The normalized spacial score (nSPS) is 14.5. The standard InChI is InChI=1S/C26H29F3N4O2/c1-26(2,3)35-25(34)33-13-11-32(12-14-33)18-7-8-21-20(15-18)22(9-10-30-21)31-16-17-5-4-6-19(23(17)27)24(28)29/h4-10,15,24H,11-14,16H2,1-3H3,(H,30,31). The number of ether oxygens (including phenoxy) is 1. The van der Waals surface area contributed by atoms with Gasteiger partial charge in [-0.1, -0.05) is 18.2 Å². The molecule has 1 aliphatic rings. The predicted molar refractivity (Wildman–Crippen MR) is 130 cm³/mol. The van der Waals surface area contributed by atoms with Gasteiger partial charge in [0.2, 0.25) is 0 Å². The van der Waals surface area contributed by atoms with E-state index in [-0.39, 0.29) is 18.2 Å². The molecule has 4 rings (SSSR count). The number of pyridine rings is 1. The van der Waals surface area contributed by atoms with Gasteiger partial charge in [0, 0.05) is 61.2 Å². The Bertz CT molecular complexity index is 1200. The lowest BCUT2D eigenvalue weighted by Gasteiger charge is -2.36. The van der Waals surface area contributed by atoms with Crippen molar-refractivity contribution < 1.29 is 22.7 Å². The van der Waals surface area contributed by atoms with Gasteiger partial charge in [0.25, 0.3) is 6.43 Å². The van der Waals surface area contributed by atoms with Gasteiger partial charge < -0.3 is 19.9 Å². The van der Waals surface area contributed by atoms with Crippen molar-refractivity contribution in [1.82, 2.24) is 9.88 Å². The van der Waals surface area contributed by atoms with Crippen molar-refractivity contribution >= 4 is 28.4 Å². The minimum absolute atomic E-state index is 0.0598. The number of hydrogen-bond donors (Lipinski definition) is 1. The summed E-state index contributed by atoms with van der Waals surface area (Å²) in [5, 5.41) is 4.01. The minimum atomic E-state index is -2.87. The van der Waals surface area contributed by atoms with Gasteiger partial charge >= 0.3 is 6.09 Å². The number of nitrogens with one attached hydrogen (secondary N) is 1. The fourth-order valence-corrected chi connectivity index (χ4v) is 4.05. The zero-order chi connectivity index (χ0) is 25.2. The molecule has 0 aliphatic carbocycles. The van der Waals surface area contributed by atoms with Gasteiger partial charge in [0.1, 0.15) is 11.4 Å². The van der Waals surface area contributed by atoms with E-state index in [1.807, 2.05) is 39.0 Å². The van der Waals surface area contributed by atoms with Crippen LogP contribution in [-0.2, 0) is 11.3 Å². The fourth-order valence-electron chi connectivity index (χ4n) is 4.05. The Balaban J connectivity index is 1.48. The van der Waals surface area contributed by atoms with E-state index in [0.717, 1.165) is 28.3 Å². The van der Waals surface area contributed by atoms with Crippen LogP contribution in [0.2, 0.25) is 0 Å². The largest absolute Gasteiger partial charge is 0.444 e. The second-order valence-electron chi connectivity index (χ2n) is 9.49. The van der Waals surface area contributed by atoms with E-state index in [2.05, 4.69) is 15.2 Å². The number of benzene rings is 2. The maximum Gasteiger partial charge on any atom is 0.410 e. The predicted octanol–water partition coefficient (Wildman–Crippen LogP) is 5.98. The molecule has 1 saturated heterocycles. The number of piperazine rings is 1. The van der Waals surface area contributed by atoms with E-state index in [4.69, 9.17) is 4.74 Å². The first-order valence-electron chi connectivity index (χ1n) is 11.5. The van der Waals surface area contributed by atoms with Crippen molar-refractivity contribution in [2.45, 2.75) is 39.3 Å². The number of amides is 1. The smallest absolute Gasteiger partial charge is 0.410 e. The lowest BCUT2D eigenvalue weighted by atomic mass is 10.1. The zero-order valence-corrected chi connectivity index (χ0v) is 20.0. The maximum absolute atomic E-state index is 14.5. The first-order valence-corrected chi connectivity index (χ1v) is 11.5. The molecular weight excluding hydrogens is 457 g/mol. The summed E-state index contributed by atoms with van der Waals surface area (Å²) in [5.74, 6) is -0.892. The average molecular weight is 487 g/mol. The number of anilines is 2. The van der Waals surface area contributed by atoms with Crippen LogP contribution in [0, 0.1) is 5.82 Å². The molecule has 1 aromatic heterocycles. The molecule has 1 aliphatic heterocycles. The molecule has 1 N–H and O–H groups in total. The van der Waals surface area contributed by atoms with E-state index < -0.39 is 23.4 Å². The first-order chi connectivity index (χ1) is 16.6. The monoisotopic (exact) mass is 486 g/mol. The van der Waals surface area contributed by atoms with Crippen LogP contribution >= 0.6 is 0 Å². The summed E-state index contributed by atoms with van der Waals surface area (Å²) < 4.78 is 46.0. The minimum Gasteiger partial charge on any atom is -0.444 e. The third-order valence-electron chi connectivity index (χ3n) is 5.83. The molecule has 6 nitrogen and oxygen atoms in total.